The molecule has 0 saturated heterocycles. The standard InChI is InChI=1S/C9H14N2/c1-4-8(5-2)9(6-10)7(3)11/h4H,5,11H2,1-3H3/b8-4-,9-7+. The Balaban J connectivity index is 4.84. The predicted octanol–water partition coefficient (Wildman–Crippen LogP) is 2.10. The van der Waals surface area contributed by atoms with Crippen LogP contribution in [0.4, 0.5) is 0 Å². The monoisotopic (exact) mass is 150 g/mol. The highest BCUT2D eigenvalue weighted by atomic mass is 14.6. The van der Waals surface area contributed by atoms with Crippen molar-refractivity contribution in [3.05, 3.63) is 22.9 Å². The fourth-order valence-electron chi connectivity index (χ4n) is 0.938. The lowest BCUT2D eigenvalue weighted by Crippen LogP contribution is -1.98. The Kier molecular flexibility index (Phi) is 4.05. The van der Waals surface area contributed by atoms with Crippen LogP contribution in [0.3, 0.4) is 0 Å². The van der Waals surface area contributed by atoms with Gasteiger partial charge in [-0.05, 0) is 25.8 Å². The molecule has 0 amide bonds. The van der Waals surface area contributed by atoms with E-state index in [9.17, 15) is 0 Å². The van der Waals surface area contributed by atoms with Gasteiger partial charge in [-0.15, -0.1) is 0 Å². The zero-order chi connectivity index (χ0) is 8.85. The van der Waals surface area contributed by atoms with E-state index < -0.39 is 0 Å². The first-order chi connectivity index (χ1) is 5.17. The molecule has 0 aromatic rings. The molecule has 0 atom stereocenters. The van der Waals surface area contributed by atoms with Crippen molar-refractivity contribution in [3.63, 3.8) is 0 Å². The summed E-state index contributed by atoms with van der Waals surface area (Å²) >= 11 is 0. The summed E-state index contributed by atoms with van der Waals surface area (Å²) in [5, 5.41) is 8.70. The highest BCUT2D eigenvalue weighted by Crippen LogP contribution is 2.14. The number of hydrogen-bond donors (Lipinski definition) is 1. The number of hydrogen-bond acceptors (Lipinski definition) is 2. The van der Waals surface area contributed by atoms with Crippen LogP contribution >= 0.6 is 0 Å². The first-order valence-corrected chi connectivity index (χ1v) is 3.69. The molecule has 0 spiro atoms. The van der Waals surface area contributed by atoms with Crippen LogP contribution in [-0.2, 0) is 0 Å². The Bertz CT molecular complexity index is 224. The van der Waals surface area contributed by atoms with E-state index in [1.807, 2.05) is 19.9 Å². The fraction of sp³-hybridized carbons (Fsp3) is 0.444. The summed E-state index contributed by atoms with van der Waals surface area (Å²) in [5.41, 5.74) is 7.76. The quantitative estimate of drug-likeness (QED) is 0.484. The van der Waals surface area contributed by atoms with Crippen molar-refractivity contribution in [1.82, 2.24) is 0 Å². The number of nitrogens with two attached hydrogens (primary N) is 1. The van der Waals surface area contributed by atoms with Crippen molar-refractivity contribution in [2.45, 2.75) is 27.2 Å². The molecule has 0 saturated carbocycles. The summed E-state index contributed by atoms with van der Waals surface area (Å²) in [7, 11) is 0. The maximum Gasteiger partial charge on any atom is 0.101 e. The van der Waals surface area contributed by atoms with Crippen LogP contribution in [-0.4, -0.2) is 0 Å². The first kappa shape index (κ1) is 9.77. The Morgan fingerprint density at radius 3 is 2.27 bits per heavy atom. The molecule has 0 rings (SSSR count). The van der Waals surface area contributed by atoms with Crippen molar-refractivity contribution >= 4 is 0 Å². The lowest BCUT2D eigenvalue weighted by atomic mass is 10.0. The molecule has 0 unspecified atom stereocenters. The molecule has 60 valence electrons. The number of allylic oxidation sites excluding steroid dienone is 4. The summed E-state index contributed by atoms with van der Waals surface area (Å²) < 4.78 is 0. The molecular formula is C9H14N2. The normalized spacial score (nSPS) is 13.8. The van der Waals surface area contributed by atoms with Gasteiger partial charge in [0.25, 0.3) is 0 Å². The van der Waals surface area contributed by atoms with Crippen molar-refractivity contribution in [1.29, 1.82) is 5.26 Å². The minimum Gasteiger partial charge on any atom is -0.401 e. The average molecular weight is 150 g/mol. The van der Waals surface area contributed by atoms with E-state index >= 15 is 0 Å². The fourth-order valence-corrected chi connectivity index (χ4v) is 0.938. The molecular weight excluding hydrogens is 136 g/mol. The summed E-state index contributed by atoms with van der Waals surface area (Å²) in [6, 6.07) is 2.09. The van der Waals surface area contributed by atoms with E-state index in [4.69, 9.17) is 11.0 Å². The first-order valence-electron chi connectivity index (χ1n) is 3.69. The maximum absolute atomic E-state index is 8.70. The molecule has 0 aromatic carbocycles. The molecule has 0 aliphatic carbocycles. The Morgan fingerprint density at radius 2 is 2.18 bits per heavy atom. The molecule has 2 nitrogen and oxygen atoms in total. The second kappa shape index (κ2) is 4.56. The molecule has 11 heavy (non-hydrogen) atoms. The maximum atomic E-state index is 8.70. The average Bonchev–Trinajstić information content (AvgIpc) is 1.99. The van der Waals surface area contributed by atoms with E-state index in [0.717, 1.165) is 12.0 Å². The lowest BCUT2D eigenvalue weighted by molar-refractivity contribution is 1.09. The van der Waals surface area contributed by atoms with Gasteiger partial charge < -0.3 is 5.73 Å². The van der Waals surface area contributed by atoms with Crippen molar-refractivity contribution in [3.8, 4) is 6.07 Å². The third-order valence-electron chi connectivity index (χ3n) is 1.56. The van der Waals surface area contributed by atoms with Gasteiger partial charge in [-0.1, -0.05) is 13.0 Å². The predicted molar refractivity (Wildman–Crippen MR) is 46.5 cm³/mol. The van der Waals surface area contributed by atoms with Gasteiger partial charge in [0, 0.05) is 5.70 Å². The van der Waals surface area contributed by atoms with Gasteiger partial charge in [0.15, 0.2) is 0 Å². The van der Waals surface area contributed by atoms with Crippen LogP contribution in [0.15, 0.2) is 22.9 Å². The summed E-state index contributed by atoms with van der Waals surface area (Å²) in [4.78, 5) is 0. The smallest absolute Gasteiger partial charge is 0.101 e. The Labute approximate surface area is 68.0 Å². The molecule has 0 fully saturated rings. The van der Waals surface area contributed by atoms with E-state index in [1.54, 1.807) is 6.92 Å². The molecule has 2 N–H and O–H groups in total. The zero-order valence-electron chi connectivity index (χ0n) is 7.31. The van der Waals surface area contributed by atoms with Crippen LogP contribution in [0.5, 0.6) is 0 Å². The Morgan fingerprint density at radius 1 is 1.64 bits per heavy atom. The van der Waals surface area contributed by atoms with Crippen LogP contribution in [0, 0.1) is 11.3 Å². The Hall–Kier alpha value is -1.23. The van der Waals surface area contributed by atoms with E-state index in [0.29, 0.717) is 11.3 Å². The van der Waals surface area contributed by atoms with E-state index in [-0.39, 0.29) is 0 Å². The number of nitrogens with zero attached hydrogens (tertiary/aromatic N) is 1. The third-order valence-corrected chi connectivity index (χ3v) is 1.56. The molecule has 0 heterocycles. The van der Waals surface area contributed by atoms with Gasteiger partial charge >= 0.3 is 0 Å². The van der Waals surface area contributed by atoms with Crippen LogP contribution < -0.4 is 5.73 Å². The number of nitriles is 1. The minimum absolute atomic E-state index is 0.599. The van der Waals surface area contributed by atoms with Gasteiger partial charge in [0.2, 0.25) is 0 Å². The minimum atomic E-state index is 0.599. The summed E-state index contributed by atoms with van der Waals surface area (Å²) in [6.07, 6.45) is 2.78. The zero-order valence-corrected chi connectivity index (χ0v) is 7.31. The number of rotatable bonds is 2. The SMILES string of the molecule is C/C=C(CC)\C(C#N)=C(/C)N. The van der Waals surface area contributed by atoms with Gasteiger partial charge in [0.1, 0.15) is 6.07 Å². The summed E-state index contributed by atoms with van der Waals surface area (Å²) in [5.74, 6) is 0. The highest BCUT2D eigenvalue weighted by molar-refractivity contribution is 5.43. The molecule has 0 radical (unpaired) electrons. The van der Waals surface area contributed by atoms with Crippen molar-refractivity contribution in [2.24, 2.45) is 5.73 Å². The van der Waals surface area contributed by atoms with Crippen LogP contribution in [0.25, 0.3) is 0 Å². The van der Waals surface area contributed by atoms with Gasteiger partial charge in [-0.25, -0.2) is 0 Å². The van der Waals surface area contributed by atoms with Gasteiger partial charge in [-0.2, -0.15) is 5.26 Å². The molecule has 0 bridgehead atoms. The van der Waals surface area contributed by atoms with E-state index in [1.165, 1.54) is 0 Å². The van der Waals surface area contributed by atoms with Crippen molar-refractivity contribution < 1.29 is 0 Å². The highest BCUT2D eigenvalue weighted by Gasteiger charge is 2.02. The van der Waals surface area contributed by atoms with Gasteiger partial charge in [-0.3, -0.25) is 0 Å². The van der Waals surface area contributed by atoms with Crippen LogP contribution in [0.1, 0.15) is 27.2 Å². The molecule has 0 aliphatic heterocycles. The third kappa shape index (κ3) is 2.46. The molecule has 0 aliphatic rings. The van der Waals surface area contributed by atoms with Crippen LogP contribution in [0.2, 0.25) is 0 Å². The van der Waals surface area contributed by atoms with Gasteiger partial charge in [0.05, 0.1) is 5.57 Å². The molecule has 2 heteroatoms. The summed E-state index contributed by atoms with van der Waals surface area (Å²) in [6.45, 7) is 5.67. The second-order valence-corrected chi connectivity index (χ2v) is 2.34. The lowest BCUT2D eigenvalue weighted by Gasteiger charge is -2.02. The molecule has 0 aromatic heterocycles. The second-order valence-electron chi connectivity index (χ2n) is 2.34. The van der Waals surface area contributed by atoms with E-state index in [2.05, 4.69) is 6.07 Å². The largest absolute Gasteiger partial charge is 0.401 e. The topological polar surface area (TPSA) is 49.8 Å². The van der Waals surface area contributed by atoms with Crippen molar-refractivity contribution in [2.75, 3.05) is 0 Å².